The average molecular weight is 800 g/mol. The Morgan fingerprint density at radius 2 is 0.984 bits per heavy atom. The standard InChI is InChI=1S/C58H45N3O/c1-58(2,3)48-30-31-53(51(38-48)43-20-11-6-12-21-43)61-54-24-15-23-49(56(54)60-57(61)50-22-13-14-25-55(50)62)46-34-45(40-18-9-5-10-19-40)35-47(36-46)52-37-44(32-33-59-52)42-28-26-41(27-29-42)39-16-7-4-8-17-39/h4-38,62H,1-3H3. The zero-order chi connectivity index (χ0) is 42.2. The van der Waals surface area contributed by atoms with Gasteiger partial charge in [0.05, 0.1) is 28.0 Å². The molecule has 4 nitrogen and oxygen atoms in total. The summed E-state index contributed by atoms with van der Waals surface area (Å²) in [6.07, 6.45) is 1.90. The summed E-state index contributed by atoms with van der Waals surface area (Å²) in [5.41, 5.74) is 17.5. The summed E-state index contributed by atoms with van der Waals surface area (Å²) in [4.78, 5) is 10.4. The van der Waals surface area contributed by atoms with Crippen LogP contribution in [0.3, 0.4) is 0 Å². The number of rotatable bonds is 8. The van der Waals surface area contributed by atoms with E-state index in [4.69, 9.17) is 9.97 Å². The van der Waals surface area contributed by atoms with Crippen LogP contribution in [0, 0.1) is 0 Å². The highest BCUT2D eigenvalue weighted by molar-refractivity contribution is 5.98. The minimum Gasteiger partial charge on any atom is -0.507 e. The first-order chi connectivity index (χ1) is 30.3. The van der Waals surface area contributed by atoms with E-state index in [0.29, 0.717) is 11.4 Å². The van der Waals surface area contributed by atoms with Crippen molar-refractivity contribution >= 4 is 11.0 Å². The summed E-state index contributed by atoms with van der Waals surface area (Å²) < 4.78 is 2.22. The molecule has 0 aliphatic heterocycles. The van der Waals surface area contributed by atoms with Crippen LogP contribution in [0.15, 0.2) is 212 Å². The molecule has 62 heavy (non-hydrogen) atoms. The number of nitrogens with zero attached hydrogens (tertiary/aromatic N) is 3. The molecule has 0 spiro atoms. The third kappa shape index (κ3) is 7.37. The third-order valence-corrected chi connectivity index (χ3v) is 11.8. The van der Waals surface area contributed by atoms with Gasteiger partial charge in [0.25, 0.3) is 0 Å². The molecular formula is C58H45N3O. The second-order valence-electron chi connectivity index (χ2n) is 16.8. The molecule has 0 fully saturated rings. The van der Waals surface area contributed by atoms with E-state index in [-0.39, 0.29) is 11.2 Å². The zero-order valence-corrected chi connectivity index (χ0v) is 35.0. The van der Waals surface area contributed by atoms with Crippen molar-refractivity contribution in [2.24, 2.45) is 0 Å². The van der Waals surface area contributed by atoms with E-state index in [0.717, 1.165) is 72.5 Å². The van der Waals surface area contributed by atoms with Gasteiger partial charge in [0, 0.05) is 22.9 Å². The van der Waals surface area contributed by atoms with E-state index in [2.05, 4.69) is 195 Å². The second-order valence-corrected chi connectivity index (χ2v) is 16.8. The Morgan fingerprint density at radius 1 is 0.419 bits per heavy atom. The fraction of sp³-hybridized carbons (Fsp3) is 0.0690. The fourth-order valence-corrected chi connectivity index (χ4v) is 8.45. The molecule has 0 aliphatic carbocycles. The van der Waals surface area contributed by atoms with Crippen molar-refractivity contribution in [2.75, 3.05) is 0 Å². The molecule has 1 N–H and O–H groups in total. The summed E-state index contributed by atoms with van der Waals surface area (Å²) in [6, 6.07) is 71.9. The zero-order valence-electron chi connectivity index (χ0n) is 35.0. The number of benzene rings is 8. The molecule has 0 saturated heterocycles. The number of aromatic hydroxyl groups is 1. The maximum absolute atomic E-state index is 11.4. The molecule has 0 radical (unpaired) electrons. The summed E-state index contributed by atoms with van der Waals surface area (Å²) in [7, 11) is 0. The maximum atomic E-state index is 11.4. The van der Waals surface area contributed by atoms with Crippen molar-refractivity contribution in [2.45, 2.75) is 26.2 Å². The Bertz CT molecular complexity index is 3200. The number of pyridine rings is 1. The fourth-order valence-electron chi connectivity index (χ4n) is 8.45. The molecular weight excluding hydrogens is 755 g/mol. The van der Waals surface area contributed by atoms with Crippen molar-refractivity contribution in [1.82, 2.24) is 14.5 Å². The highest BCUT2D eigenvalue weighted by Gasteiger charge is 2.24. The highest BCUT2D eigenvalue weighted by Crippen LogP contribution is 2.42. The first-order valence-electron chi connectivity index (χ1n) is 21.1. The van der Waals surface area contributed by atoms with Gasteiger partial charge in [-0.25, -0.2) is 4.98 Å². The Morgan fingerprint density at radius 3 is 1.66 bits per heavy atom. The first-order valence-corrected chi connectivity index (χ1v) is 21.1. The average Bonchev–Trinajstić information content (AvgIpc) is 3.71. The van der Waals surface area contributed by atoms with E-state index in [1.54, 1.807) is 6.07 Å². The Balaban J connectivity index is 1.17. The number of phenols is 1. The predicted molar refractivity (Wildman–Crippen MR) is 257 cm³/mol. The SMILES string of the molecule is CC(C)(C)c1ccc(-n2c(-c3ccccc3O)nc3c(-c4cc(-c5ccccc5)cc(-c5cc(-c6ccc(-c7ccccc7)cc6)ccn5)c4)cccc32)c(-c2ccccc2)c1. The molecule has 10 aromatic rings. The summed E-state index contributed by atoms with van der Waals surface area (Å²) >= 11 is 0. The van der Waals surface area contributed by atoms with Gasteiger partial charge in [-0.2, -0.15) is 0 Å². The van der Waals surface area contributed by atoms with Gasteiger partial charge in [-0.3, -0.25) is 9.55 Å². The number of fused-ring (bicyclic) bond motifs is 1. The summed E-state index contributed by atoms with van der Waals surface area (Å²) in [5.74, 6) is 0.838. The number of hydrogen-bond acceptors (Lipinski definition) is 3. The monoisotopic (exact) mass is 799 g/mol. The van der Waals surface area contributed by atoms with Gasteiger partial charge in [-0.05, 0) is 116 Å². The Hall–Kier alpha value is -7.82. The Kier molecular flexibility index (Phi) is 9.90. The van der Waals surface area contributed by atoms with E-state index in [1.807, 2.05) is 36.5 Å². The van der Waals surface area contributed by atoms with E-state index < -0.39 is 0 Å². The predicted octanol–water partition coefficient (Wildman–Crippen LogP) is 15.1. The van der Waals surface area contributed by atoms with Crippen molar-refractivity contribution in [3.8, 4) is 89.7 Å². The minimum atomic E-state index is -0.0599. The maximum Gasteiger partial charge on any atom is 0.149 e. The van der Waals surface area contributed by atoms with E-state index in [1.165, 1.54) is 16.7 Å². The third-order valence-electron chi connectivity index (χ3n) is 11.8. The molecule has 298 valence electrons. The largest absolute Gasteiger partial charge is 0.507 e. The van der Waals surface area contributed by atoms with Gasteiger partial charge in [-0.1, -0.05) is 166 Å². The molecule has 0 aliphatic rings. The normalized spacial score (nSPS) is 11.5. The number of hydrogen-bond donors (Lipinski definition) is 1. The van der Waals surface area contributed by atoms with Crippen LogP contribution in [0.25, 0.3) is 95.0 Å². The molecule has 0 saturated carbocycles. The number of aromatic nitrogens is 3. The topological polar surface area (TPSA) is 50.9 Å². The molecule has 8 aromatic carbocycles. The second kappa shape index (κ2) is 16.0. The lowest BCUT2D eigenvalue weighted by Crippen LogP contribution is -2.12. The molecule has 0 bridgehead atoms. The number of imidazole rings is 1. The quantitative estimate of drug-likeness (QED) is 0.167. The van der Waals surface area contributed by atoms with Gasteiger partial charge >= 0.3 is 0 Å². The molecule has 2 heterocycles. The summed E-state index contributed by atoms with van der Waals surface area (Å²) in [6.45, 7) is 6.74. The highest BCUT2D eigenvalue weighted by atomic mass is 16.3. The number of phenolic OH excluding ortho intramolecular Hbond substituents is 1. The van der Waals surface area contributed by atoms with Crippen molar-refractivity contribution in [1.29, 1.82) is 0 Å². The van der Waals surface area contributed by atoms with Crippen LogP contribution in [0.1, 0.15) is 26.3 Å². The van der Waals surface area contributed by atoms with Crippen molar-refractivity contribution < 1.29 is 5.11 Å². The lowest BCUT2D eigenvalue weighted by atomic mass is 9.85. The van der Waals surface area contributed by atoms with Gasteiger partial charge in [0.1, 0.15) is 11.6 Å². The van der Waals surface area contributed by atoms with Crippen molar-refractivity contribution in [3.05, 3.63) is 218 Å². The molecule has 0 unspecified atom stereocenters. The minimum absolute atomic E-state index is 0.0599. The Labute approximate surface area is 363 Å². The van der Waals surface area contributed by atoms with Crippen LogP contribution < -0.4 is 0 Å². The van der Waals surface area contributed by atoms with Crippen LogP contribution in [0.5, 0.6) is 5.75 Å². The smallest absolute Gasteiger partial charge is 0.149 e. The van der Waals surface area contributed by atoms with Gasteiger partial charge in [0.15, 0.2) is 0 Å². The van der Waals surface area contributed by atoms with Crippen LogP contribution in [0.2, 0.25) is 0 Å². The van der Waals surface area contributed by atoms with Crippen molar-refractivity contribution in [3.63, 3.8) is 0 Å². The lowest BCUT2D eigenvalue weighted by molar-refractivity contribution is 0.477. The molecule has 2 aromatic heterocycles. The van der Waals surface area contributed by atoms with E-state index >= 15 is 0 Å². The molecule has 0 amide bonds. The first kappa shape index (κ1) is 38.4. The number of para-hydroxylation sites is 2. The van der Waals surface area contributed by atoms with Gasteiger partial charge in [-0.15, -0.1) is 0 Å². The van der Waals surface area contributed by atoms with Gasteiger partial charge < -0.3 is 5.11 Å². The van der Waals surface area contributed by atoms with Crippen LogP contribution >= 0.6 is 0 Å². The molecule has 4 heteroatoms. The van der Waals surface area contributed by atoms with Crippen LogP contribution in [0.4, 0.5) is 0 Å². The molecule has 0 atom stereocenters. The van der Waals surface area contributed by atoms with Gasteiger partial charge in [0.2, 0.25) is 0 Å². The molecule has 10 rings (SSSR count). The van der Waals surface area contributed by atoms with Crippen LogP contribution in [-0.4, -0.2) is 19.6 Å². The van der Waals surface area contributed by atoms with E-state index in [9.17, 15) is 5.11 Å². The van der Waals surface area contributed by atoms with Crippen LogP contribution in [-0.2, 0) is 5.41 Å². The summed E-state index contributed by atoms with van der Waals surface area (Å²) in [5, 5.41) is 11.4. The lowest BCUT2D eigenvalue weighted by Gasteiger charge is -2.23.